The molecule has 12 heavy (non-hydrogen) atoms. The van der Waals surface area contributed by atoms with Crippen LogP contribution in [0.1, 0.15) is 5.56 Å². The molecule has 0 saturated carbocycles. The fourth-order valence-corrected chi connectivity index (χ4v) is 2.27. The van der Waals surface area contributed by atoms with Crippen molar-refractivity contribution in [3.05, 3.63) is 23.8 Å². The zero-order chi connectivity index (χ0) is 9.14. The lowest BCUT2D eigenvalue weighted by Crippen LogP contribution is -2.01. The molecule has 1 rings (SSSR count). The van der Waals surface area contributed by atoms with E-state index in [1.807, 2.05) is 25.1 Å². The van der Waals surface area contributed by atoms with Crippen LogP contribution in [0.3, 0.4) is 0 Å². The third-order valence-corrected chi connectivity index (χ3v) is 3.34. The Balaban J connectivity index is 3.11. The summed E-state index contributed by atoms with van der Waals surface area (Å²) in [7, 11) is 1.62. The number of rotatable bonds is 2. The Morgan fingerprint density at radius 1 is 1.33 bits per heavy atom. The molecule has 0 saturated heterocycles. The second-order valence-electron chi connectivity index (χ2n) is 2.41. The van der Waals surface area contributed by atoms with Gasteiger partial charge in [-0.2, -0.15) is 0 Å². The first-order valence-electron chi connectivity index (χ1n) is 3.41. The number of ether oxygens (including phenoxy) is 1. The molecule has 0 aliphatic heterocycles. The van der Waals surface area contributed by atoms with Gasteiger partial charge in [-0.05, 0) is 24.6 Å². The molecule has 1 nitrogen and oxygen atoms in total. The van der Waals surface area contributed by atoms with Crippen molar-refractivity contribution in [3.63, 3.8) is 0 Å². The summed E-state index contributed by atoms with van der Waals surface area (Å²) in [5.41, 5.74) is 1.14. The standard InChI is InChI=1S/C8H9Cl2OP/c1-6-3-4-8(12(9)10)7(5-6)11-2/h3-5H,1-2H3. The van der Waals surface area contributed by atoms with Crippen molar-refractivity contribution >= 4 is 34.4 Å². The third kappa shape index (κ3) is 2.26. The second-order valence-corrected chi connectivity index (χ2v) is 5.90. The fourth-order valence-electron chi connectivity index (χ4n) is 0.924. The van der Waals surface area contributed by atoms with Gasteiger partial charge in [0.1, 0.15) is 12.4 Å². The quantitative estimate of drug-likeness (QED) is 0.698. The minimum Gasteiger partial charge on any atom is -0.496 e. The van der Waals surface area contributed by atoms with Crippen LogP contribution in [0.15, 0.2) is 18.2 Å². The van der Waals surface area contributed by atoms with Crippen LogP contribution in [0.5, 0.6) is 5.75 Å². The molecule has 0 aliphatic carbocycles. The van der Waals surface area contributed by atoms with E-state index in [2.05, 4.69) is 0 Å². The maximum atomic E-state index is 5.79. The molecule has 0 radical (unpaired) electrons. The van der Waals surface area contributed by atoms with E-state index in [1.54, 1.807) is 7.11 Å². The molecule has 0 aliphatic rings. The Kier molecular flexibility index (Phi) is 3.64. The number of hydrogen-bond acceptors (Lipinski definition) is 1. The molecule has 0 amide bonds. The summed E-state index contributed by atoms with van der Waals surface area (Å²) >= 11 is 11.6. The SMILES string of the molecule is COc1cc(C)ccc1P(Cl)Cl. The molecule has 0 bridgehead atoms. The van der Waals surface area contributed by atoms with Gasteiger partial charge < -0.3 is 4.74 Å². The summed E-state index contributed by atoms with van der Waals surface area (Å²) in [5, 5.41) is 0.876. The summed E-state index contributed by atoms with van der Waals surface area (Å²) < 4.78 is 5.13. The van der Waals surface area contributed by atoms with E-state index in [1.165, 1.54) is 0 Å². The van der Waals surface area contributed by atoms with Crippen molar-refractivity contribution in [2.75, 3.05) is 7.11 Å². The number of hydrogen-bond donors (Lipinski definition) is 0. The largest absolute Gasteiger partial charge is 0.496 e. The number of benzene rings is 1. The monoisotopic (exact) mass is 222 g/mol. The highest BCUT2D eigenvalue weighted by Crippen LogP contribution is 2.47. The van der Waals surface area contributed by atoms with Gasteiger partial charge in [-0.25, -0.2) is 0 Å². The Bertz CT molecular complexity index is 276. The smallest absolute Gasteiger partial charge is 0.129 e. The minimum atomic E-state index is -1.12. The molecule has 4 heteroatoms. The summed E-state index contributed by atoms with van der Waals surface area (Å²) in [6.45, 7) is 0.882. The van der Waals surface area contributed by atoms with Crippen LogP contribution >= 0.6 is 29.1 Å². The molecule has 1 aromatic carbocycles. The van der Waals surface area contributed by atoms with Crippen LogP contribution in [-0.4, -0.2) is 7.11 Å². The maximum absolute atomic E-state index is 5.79. The topological polar surface area (TPSA) is 9.23 Å². The molecular formula is C8H9Cl2OP. The molecule has 66 valence electrons. The first kappa shape index (κ1) is 10.1. The van der Waals surface area contributed by atoms with Gasteiger partial charge in [0.25, 0.3) is 0 Å². The fraction of sp³-hybridized carbons (Fsp3) is 0.250. The van der Waals surface area contributed by atoms with Crippen molar-refractivity contribution < 1.29 is 4.74 Å². The molecule has 0 unspecified atom stereocenters. The first-order valence-corrected chi connectivity index (χ1v) is 6.56. The summed E-state index contributed by atoms with van der Waals surface area (Å²) in [5.74, 6) is 0.770. The number of aryl methyl sites for hydroxylation is 1. The van der Waals surface area contributed by atoms with E-state index in [-0.39, 0.29) is 0 Å². The van der Waals surface area contributed by atoms with E-state index in [4.69, 9.17) is 27.2 Å². The lowest BCUT2D eigenvalue weighted by atomic mass is 10.2. The van der Waals surface area contributed by atoms with Crippen LogP contribution in [0.4, 0.5) is 0 Å². The minimum absolute atomic E-state index is 0.770. The van der Waals surface area contributed by atoms with Crippen LogP contribution in [0.2, 0.25) is 0 Å². The zero-order valence-corrected chi connectivity index (χ0v) is 9.25. The predicted octanol–water partition coefficient (Wildman–Crippen LogP) is 3.42. The van der Waals surface area contributed by atoms with E-state index in [0.29, 0.717) is 0 Å². The van der Waals surface area contributed by atoms with Gasteiger partial charge in [-0.3, -0.25) is 0 Å². The molecule has 0 aromatic heterocycles. The van der Waals surface area contributed by atoms with Crippen molar-refractivity contribution in [3.8, 4) is 5.75 Å². The van der Waals surface area contributed by atoms with Crippen LogP contribution in [0.25, 0.3) is 0 Å². The summed E-state index contributed by atoms with van der Waals surface area (Å²) in [6.07, 6.45) is 0. The van der Waals surface area contributed by atoms with Crippen LogP contribution < -0.4 is 10.0 Å². The van der Waals surface area contributed by atoms with Gasteiger partial charge >= 0.3 is 0 Å². The zero-order valence-electron chi connectivity index (χ0n) is 6.84. The average Bonchev–Trinajstić information content (AvgIpc) is 2.03. The van der Waals surface area contributed by atoms with Crippen molar-refractivity contribution in [2.45, 2.75) is 6.92 Å². The van der Waals surface area contributed by atoms with Crippen molar-refractivity contribution in [1.29, 1.82) is 0 Å². The molecule has 0 atom stereocenters. The van der Waals surface area contributed by atoms with Crippen LogP contribution in [0, 0.1) is 6.92 Å². The van der Waals surface area contributed by atoms with E-state index >= 15 is 0 Å². The first-order chi connectivity index (χ1) is 5.65. The normalized spacial score (nSPS) is 10.4. The average molecular weight is 223 g/mol. The highest BCUT2D eigenvalue weighted by Gasteiger charge is 2.10. The van der Waals surface area contributed by atoms with Crippen LogP contribution in [-0.2, 0) is 0 Å². The van der Waals surface area contributed by atoms with Gasteiger partial charge in [0.15, 0.2) is 0 Å². The Labute approximate surface area is 83.0 Å². The van der Waals surface area contributed by atoms with E-state index < -0.39 is 6.63 Å². The lowest BCUT2D eigenvalue weighted by molar-refractivity contribution is 0.418. The molecule has 0 N–H and O–H groups in total. The Morgan fingerprint density at radius 3 is 2.50 bits per heavy atom. The van der Waals surface area contributed by atoms with Gasteiger partial charge in [0.2, 0.25) is 0 Å². The summed E-state index contributed by atoms with van der Waals surface area (Å²) in [6, 6.07) is 5.80. The second kappa shape index (κ2) is 4.32. The number of methoxy groups -OCH3 is 1. The molecule has 0 fully saturated rings. The molecule has 0 heterocycles. The number of halogens is 2. The highest BCUT2D eigenvalue weighted by molar-refractivity contribution is 8.09. The predicted molar refractivity (Wildman–Crippen MR) is 56.0 cm³/mol. The van der Waals surface area contributed by atoms with Crippen molar-refractivity contribution in [2.24, 2.45) is 0 Å². The Morgan fingerprint density at radius 2 is 2.00 bits per heavy atom. The lowest BCUT2D eigenvalue weighted by Gasteiger charge is -2.08. The summed E-state index contributed by atoms with van der Waals surface area (Å²) in [4.78, 5) is 0. The molecular weight excluding hydrogens is 214 g/mol. The van der Waals surface area contributed by atoms with Gasteiger partial charge in [0.05, 0.1) is 7.11 Å². The van der Waals surface area contributed by atoms with Gasteiger partial charge in [-0.15, -0.1) is 0 Å². The molecule has 0 spiro atoms. The van der Waals surface area contributed by atoms with E-state index in [0.717, 1.165) is 16.6 Å². The van der Waals surface area contributed by atoms with Gasteiger partial charge in [-0.1, -0.05) is 28.5 Å². The van der Waals surface area contributed by atoms with Crippen molar-refractivity contribution in [1.82, 2.24) is 0 Å². The van der Waals surface area contributed by atoms with E-state index in [9.17, 15) is 0 Å². The van der Waals surface area contributed by atoms with Gasteiger partial charge in [0, 0.05) is 5.30 Å². The maximum Gasteiger partial charge on any atom is 0.129 e. The molecule has 1 aromatic rings. The Hall–Kier alpha value is 0.0300. The third-order valence-electron chi connectivity index (χ3n) is 1.52. The highest BCUT2D eigenvalue weighted by atomic mass is 35.9.